The predicted octanol–water partition coefficient (Wildman–Crippen LogP) is 3.41. The first-order valence-electron chi connectivity index (χ1n) is 6.27. The van der Waals surface area contributed by atoms with Crippen LogP contribution in [0, 0.1) is 17.2 Å². The van der Waals surface area contributed by atoms with Gasteiger partial charge in [-0.1, -0.05) is 30.3 Å². The molecule has 102 valence electrons. The molecule has 0 saturated heterocycles. The van der Waals surface area contributed by atoms with Gasteiger partial charge in [-0.15, -0.1) is 0 Å². The molecule has 0 aliphatic rings. The first-order chi connectivity index (χ1) is 8.83. The summed E-state index contributed by atoms with van der Waals surface area (Å²) in [5.41, 5.74) is 0.337. The van der Waals surface area contributed by atoms with E-state index in [-0.39, 0.29) is 12.0 Å². The van der Waals surface area contributed by atoms with Crippen molar-refractivity contribution in [1.29, 1.82) is 5.26 Å². The summed E-state index contributed by atoms with van der Waals surface area (Å²) in [6.07, 6.45) is -0.511. The Morgan fingerprint density at radius 2 is 1.89 bits per heavy atom. The molecule has 4 nitrogen and oxygen atoms in total. The largest absolute Gasteiger partial charge is 0.444 e. The van der Waals surface area contributed by atoms with Crippen molar-refractivity contribution in [3.05, 3.63) is 35.9 Å². The molecule has 0 heterocycles. The summed E-state index contributed by atoms with van der Waals surface area (Å²) in [6, 6.07) is 11.2. The molecule has 1 rings (SSSR count). The fourth-order valence-electron chi connectivity index (χ4n) is 1.67. The van der Waals surface area contributed by atoms with Crippen molar-refractivity contribution in [3.63, 3.8) is 0 Å². The second kappa shape index (κ2) is 6.24. The van der Waals surface area contributed by atoms with Crippen molar-refractivity contribution in [2.24, 2.45) is 5.92 Å². The molecular weight excluding hydrogens is 240 g/mol. The van der Waals surface area contributed by atoms with Crippen molar-refractivity contribution in [2.45, 2.75) is 39.3 Å². The van der Waals surface area contributed by atoms with E-state index in [1.54, 1.807) is 27.7 Å². The highest BCUT2D eigenvalue weighted by Crippen LogP contribution is 2.22. The lowest BCUT2D eigenvalue weighted by molar-refractivity contribution is 0.0494. The maximum Gasteiger partial charge on any atom is 0.408 e. The summed E-state index contributed by atoms with van der Waals surface area (Å²) in [7, 11) is 0. The minimum atomic E-state index is -0.554. The number of nitriles is 1. The third-order valence-corrected chi connectivity index (χ3v) is 2.53. The highest BCUT2D eigenvalue weighted by molar-refractivity contribution is 5.68. The van der Waals surface area contributed by atoms with Crippen LogP contribution < -0.4 is 5.32 Å². The second-order valence-electron chi connectivity index (χ2n) is 5.45. The molecule has 0 radical (unpaired) electrons. The van der Waals surface area contributed by atoms with Gasteiger partial charge in [0.2, 0.25) is 0 Å². The Bertz CT molecular complexity index is 457. The van der Waals surface area contributed by atoms with E-state index in [2.05, 4.69) is 11.4 Å². The van der Waals surface area contributed by atoms with Gasteiger partial charge in [0.15, 0.2) is 0 Å². The summed E-state index contributed by atoms with van der Waals surface area (Å²) in [5.74, 6) is -0.338. The lowest BCUT2D eigenvalue weighted by Crippen LogP contribution is -2.37. The average Bonchev–Trinajstić information content (AvgIpc) is 2.34. The monoisotopic (exact) mass is 260 g/mol. The number of carbonyl (C=O) groups is 1. The standard InChI is InChI=1S/C15H20N2O2/c1-11(10-16)13(12-8-6-5-7-9-12)17-14(18)19-15(2,3)4/h5-9,11,13H,1-4H3,(H,17,18). The number of hydrogen-bond acceptors (Lipinski definition) is 3. The van der Waals surface area contributed by atoms with Gasteiger partial charge in [0.25, 0.3) is 0 Å². The summed E-state index contributed by atoms with van der Waals surface area (Å²) < 4.78 is 5.22. The van der Waals surface area contributed by atoms with E-state index in [1.807, 2.05) is 30.3 Å². The van der Waals surface area contributed by atoms with E-state index in [0.29, 0.717) is 0 Å². The molecule has 19 heavy (non-hydrogen) atoms. The lowest BCUT2D eigenvalue weighted by Gasteiger charge is -2.25. The maximum atomic E-state index is 11.8. The van der Waals surface area contributed by atoms with Crippen LogP contribution in [0.2, 0.25) is 0 Å². The van der Waals surface area contributed by atoms with E-state index in [4.69, 9.17) is 10.00 Å². The van der Waals surface area contributed by atoms with Crippen molar-refractivity contribution in [3.8, 4) is 6.07 Å². The normalized spacial score (nSPS) is 14.1. The Labute approximate surface area is 114 Å². The number of amides is 1. The molecule has 1 N–H and O–H groups in total. The fraction of sp³-hybridized carbons (Fsp3) is 0.467. The van der Waals surface area contributed by atoms with Gasteiger partial charge in [0.05, 0.1) is 18.0 Å². The summed E-state index contributed by atoms with van der Waals surface area (Å²) >= 11 is 0. The number of nitrogens with zero attached hydrogens (tertiary/aromatic N) is 1. The zero-order valence-corrected chi connectivity index (χ0v) is 11.8. The molecule has 0 spiro atoms. The number of hydrogen-bond donors (Lipinski definition) is 1. The molecule has 0 aliphatic carbocycles. The third kappa shape index (κ3) is 5.01. The summed E-state index contributed by atoms with van der Waals surface area (Å²) in [6.45, 7) is 7.18. The van der Waals surface area contributed by atoms with Crippen molar-refractivity contribution < 1.29 is 9.53 Å². The quantitative estimate of drug-likeness (QED) is 0.905. The van der Waals surface area contributed by atoms with Crippen LogP contribution in [-0.4, -0.2) is 11.7 Å². The minimum absolute atomic E-state index is 0.338. The van der Waals surface area contributed by atoms with Gasteiger partial charge < -0.3 is 10.1 Å². The number of nitrogens with one attached hydrogen (secondary N) is 1. The van der Waals surface area contributed by atoms with E-state index in [0.717, 1.165) is 5.56 Å². The summed E-state index contributed by atoms with van der Waals surface area (Å²) in [5, 5.41) is 11.8. The van der Waals surface area contributed by atoms with Crippen LogP contribution in [0.3, 0.4) is 0 Å². The van der Waals surface area contributed by atoms with Gasteiger partial charge in [-0.25, -0.2) is 4.79 Å². The third-order valence-electron chi connectivity index (χ3n) is 2.53. The van der Waals surface area contributed by atoms with Crippen molar-refractivity contribution in [1.82, 2.24) is 5.32 Å². The Morgan fingerprint density at radius 3 is 2.37 bits per heavy atom. The van der Waals surface area contributed by atoms with Crippen LogP contribution in [0.4, 0.5) is 4.79 Å². The molecule has 1 aromatic rings. The molecule has 2 atom stereocenters. The maximum absolute atomic E-state index is 11.8. The highest BCUT2D eigenvalue weighted by atomic mass is 16.6. The molecule has 0 saturated carbocycles. The zero-order valence-electron chi connectivity index (χ0n) is 11.8. The highest BCUT2D eigenvalue weighted by Gasteiger charge is 2.24. The number of alkyl carbamates (subject to hydrolysis) is 1. The van der Waals surface area contributed by atoms with Crippen LogP contribution in [0.15, 0.2) is 30.3 Å². The summed E-state index contributed by atoms with van der Waals surface area (Å²) in [4.78, 5) is 11.8. The Hall–Kier alpha value is -2.02. The number of ether oxygens (including phenoxy) is 1. The van der Waals surface area contributed by atoms with Crippen molar-refractivity contribution in [2.75, 3.05) is 0 Å². The molecular formula is C15H20N2O2. The smallest absolute Gasteiger partial charge is 0.408 e. The topological polar surface area (TPSA) is 62.1 Å². The van der Waals surface area contributed by atoms with Crippen molar-refractivity contribution >= 4 is 6.09 Å². The minimum Gasteiger partial charge on any atom is -0.444 e. The van der Waals surface area contributed by atoms with E-state index in [9.17, 15) is 4.79 Å². The fourth-order valence-corrected chi connectivity index (χ4v) is 1.67. The SMILES string of the molecule is CC(C#N)C(NC(=O)OC(C)(C)C)c1ccccc1. The molecule has 0 aromatic heterocycles. The number of carbonyl (C=O) groups excluding carboxylic acids is 1. The second-order valence-corrected chi connectivity index (χ2v) is 5.45. The lowest BCUT2D eigenvalue weighted by atomic mass is 9.96. The number of rotatable bonds is 3. The number of benzene rings is 1. The zero-order chi connectivity index (χ0) is 14.5. The van der Waals surface area contributed by atoms with E-state index in [1.165, 1.54) is 0 Å². The van der Waals surface area contributed by atoms with Gasteiger partial charge in [-0.2, -0.15) is 5.26 Å². The molecule has 0 aliphatic heterocycles. The first kappa shape index (κ1) is 15.0. The molecule has 0 fully saturated rings. The van der Waals surface area contributed by atoms with Crippen LogP contribution in [0.5, 0.6) is 0 Å². The first-order valence-corrected chi connectivity index (χ1v) is 6.27. The molecule has 0 bridgehead atoms. The Morgan fingerprint density at radius 1 is 1.32 bits per heavy atom. The van der Waals surface area contributed by atoms with Crippen LogP contribution in [0.25, 0.3) is 0 Å². The Kier molecular flexibility index (Phi) is 4.94. The molecule has 2 unspecified atom stereocenters. The van der Waals surface area contributed by atoms with Crippen LogP contribution in [-0.2, 0) is 4.74 Å². The van der Waals surface area contributed by atoms with E-state index < -0.39 is 11.7 Å². The predicted molar refractivity (Wildman–Crippen MR) is 73.3 cm³/mol. The van der Waals surface area contributed by atoms with Gasteiger partial charge in [-0.3, -0.25) is 0 Å². The average molecular weight is 260 g/mol. The van der Waals surface area contributed by atoms with Gasteiger partial charge >= 0.3 is 6.09 Å². The molecule has 4 heteroatoms. The van der Waals surface area contributed by atoms with Crippen LogP contribution >= 0.6 is 0 Å². The molecule has 1 aromatic carbocycles. The van der Waals surface area contributed by atoms with Gasteiger partial charge in [0, 0.05) is 0 Å². The van der Waals surface area contributed by atoms with Gasteiger partial charge in [0.1, 0.15) is 5.60 Å². The Balaban J connectivity index is 2.83. The van der Waals surface area contributed by atoms with Crippen LogP contribution in [0.1, 0.15) is 39.3 Å². The van der Waals surface area contributed by atoms with Gasteiger partial charge in [-0.05, 0) is 33.3 Å². The molecule has 1 amide bonds. The van der Waals surface area contributed by atoms with E-state index >= 15 is 0 Å².